The summed E-state index contributed by atoms with van der Waals surface area (Å²) in [5, 5.41) is 4.25. The van der Waals surface area contributed by atoms with E-state index >= 15 is 0 Å². The predicted octanol–water partition coefficient (Wildman–Crippen LogP) is 5.55. The number of amides is 1. The first-order valence-electron chi connectivity index (χ1n) is 8.39. The molecule has 0 aliphatic rings. The molecule has 1 aromatic heterocycles. The van der Waals surface area contributed by atoms with Crippen LogP contribution in [0.1, 0.15) is 22.8 Å². The molecule has 1 N–H and O–H groups in total. The Morgan fingerprint density at radius 3 is 2.39 bits per heavy atom. The van der Waals surface area contributed by atoms with Crippen molar-refractivity contribution >= 4 is 63.3 Å². The largest absolute Gasteiger partial charge is 0.466 e. The van der Waals surface area contributed by atoms with Crippen LogP contribution in [0.15, 0.2) is 42.6 Å². The van der Waals surface area contributed by atoms with E-state index in [0.29, 0.717) is 27.2 Å². The van der Waals surface area contributed by atoms with Crippen molar-refractivity contribution in [3.05, 3.63) is 68.8 Å². The number of hydrogen-bond donors (Lipinski definition) is 1. The summed E-state index contributed by atoms with van der Waals surface area (Å²) in [6, 6.07) is 10.0. The fraction of sp³-hybridized carbons (Fsp3) is 0.150. The van der Waals surface area contributed by atoms with Crippen LogP contribution in [-0.4, -0.2) is 23.5 Å². The van der Waals surface area contributed by atoms with E-state index in [4.69, 9.17) is 39.5 Å². The van der Waals surface area contributed by atoms with Gasteiger partial charge in [0.25, 0.3) is 5.91 Å². The number of ether oxygens (including phenoxy) is 1. The number of nitrogens with one attached hydrogen (secondary N) is 1. The highest BCUT2D eigenvalue weighted by Gasteiger charge is 2.18. The fourth-order valence-electron chi connectivity index (χ4n) is 2.79. The fourth-order valence-corrected chi connectivity index (χ4v) is 3.58. The van der Waals surface area contributed by atoms with Gasteiger partial charge in [0.2, 0.25) is 0 Å². The molecule has 0 radical (unpaired) electrons. The average Bonchev–Trinajstić information content (AvgIpc) is 2.64. The number of benzene rings is 2. The highest BCUT2D eigenvalue weighted by molar-refractivity contribution is 6.40. The van der Waals surface area contributed by atoms with Crippen LogP contribution in [0.2, 0.25) is 15.1 Å². The second kappa shape index (κ2) is 8.78. The third-order valence-corrected chi connectivity index (χ3v) is 4.98. The van der Waals surface area contributed by atoms with Crippen LogP contribution < -0.4 is 5.32 Å². The smallest absolute Gasteiger partial charge is 0.310 e. The van der Waals surface area contributed by atoms with E-state index in [0.717, 1.165) is 0 Å². The van der Waals surface area contributed by atoms with E-state index in [1.54, 1.807) is 43.3 Å². The quantitative estimate of drug-likeness (QED) is 0.531. The first-order chi connectivity index (χ1) is 13.4. The van der Waals surface area contributed by atoms with Gasteiger partial charge in [0.1, 0.15) is 0 Å². The van der Waals surface area contributed by atoms with Crippen LogP contribution in [0.4, 0.5) is 5.69 Å². The molecule has 0 saturated carbocycles. The number of fused-ring (bicyclic) bond motifs is 1. The summed E-state index contributed by atoms with van der Waals surface area (Å²) in [5.74, 6) is -0.860. The van der Waals surface area contributed by atoms with Crippen LogP contribution in [0.25, 0.3) is 10.9 Å². The summed E-state index contributed by atoms with van der Waals surface area (Å²) < 4.78 is 5.01. The van der Waals surface area contributed by atoms with Gasteiger partial charge in [0.05, 0.1) is 44.9 Å². The molecule has 28 heavy (non-hydrogen) atoms. The van der Waals surface area contributed by atoms with Gasteiger partial charge in [-0.25, -0.2) is 0 Å². The predicted molar refractivity (Wildman–Crippen MR) is 112 cm³/mol. The number of carbonyl (C=O) groups is 2. The Hall–Kier alpha value is -2.34. The Bertz CT molecular complexity index is 1050. The minimum absolute atomic E-state index is 0.000561. The van der Waals surface area contributed by atoms with Crippen LogP contribution >= 0.6 is 34.8 Å². The molecule has 0 saturated heterocycles. The summed E-state index contributed by atoms with van der Waals surface area (Å²) in [6.45, 7) is 2.01. The third-order valence-electron chi connectivity index (χ3n) is 4.02. The topological polar surface area (TPSA) is 68.3 Å². The molecule has 0 fully saturated rings. The second-order valence-electron chi connectivity index (χ2n) is 5.82. The van der Waals surface area contributed by atoms with E-state index in [2.05, 4.69) is 10.3 Å². The van der Waals surface area contributed by atoms with E-state index in [1.165, 1.54) is 6.20 Å². The lowest BCUT2D eigenvalue weighted by Gasteiger charge is -2.13. The first kappa shape index (κ1) is 20.4. The van der Waals surface area contributed by atoms with Gasteiger partial charge in [0, 0.05) is 11.6 Å². The molecule has 0 aliphatic heterocycles. The Balaban J connectivity index is 2.01. The Labute approximate surface area is 176 Å². The normalized spacial score (nSPS) is 10.7. The van der Waals surface area contributed by atoms with Crippen molar-refractivity contribution in [2.75, 3.05) is 11.9 Å². The molecule has 2 aromatic carbocycles. The summed E-state index contributed by atoms with van der Waals surface area (Å²) in [6.07, 6.45) is 1.44. The van der Waals surface area contributed by atoms with Crippen LogP contribution in [0, 0.1) is 0 Å². The minimum atomic E-state index is -0.466. The van der Waals surface area contributed by atoms with Gasteiger partial charge in [0.15, 0.2) is 0 Å². The molecule has 0 bridgehead atoms. The van der Waals surface area contributed by atoms with Crippen LogP contribution in [-0.2, 0) is 16.0 Å². The number of hydrogen-bond acceptors (Lipinski definition) is 4. The molecule has 0 unspecified atom stereocenters. The zero-order chi connectivity index (χ0) is 20.3. The lowest BCUT2D eigenvalue weighted by atomic mass is 10.0. The Morgan fingerprint density at radius 1 is 1.04 bits per heavy atom. The number of rotatable bonds is 5. The van der Waals surface area contributed by atoms with Gasteiger partial charge in [-0.3, -0.25) is 14.6 Å². The molecule has 8 heteroatoms. The monoisotopic (exact) mass is 436 g/mol. The van der Waals surface area contributed by atoms with Crippen LogP contribution in [0.5, 0.6) is 0 Å². The van der Waals surface area contributed by atoms with E-state index in [-0.39, 0.29) is 28.6 Å². The van der Waals surface area contributed by atoms with E-state index in [1.807, 2.05) is 0 Å². The molecule has 3 aromatic rings. The van der Waals surface area contributed by atoms with E-state index < -0.39 is 11.9 Å². The van der Waals surface area contributed by atoms with Gasteiger partial charge in [-0.1, -0.05) is 53.0 Å². The zero-order valence-electron chi connectivity index (χ0n) is 14.8. The maximum absolute atomic E-state index is 12.7. The molecule has 0 atom stereocenters. The number of aromatic nitrogens is 1. The van der Waals surface area contributed by atoms with Crippen molar-refractivity contribution in [2.24, 2.45) is 0 Å². The number of pyridine rings is 1. The number of halogens is 3. The Morgan fingerprint density at radius 2 is 1.71 bits per heavy atom. The Kier molecular flexibility index (Phi) is 6.39. The molecule has 0 aliphatic carbocycles. The highest BCUT2D eigenvalue weighted by Crippen LogP contribution is 2.31. The molecule has 3 rings (SSSR count). The van der Waals surface area contributed by atoms with Crippen molar-refractivity contribution in [1.82, 2.24) is 4.98 Å². The molecule has 1 amide bonds. The summed E-state index contributed by atoms with van der Waals surface area (Å²) in [7, 11) is 0. The van der Waals surface area contributed by atoms with Crippen molar-refractivity contribution in [2.45, 2.75) is 13.3 Å². The molecule has 1 heterocycles. The maximum atomic E-state index is 12.7. The number of para-hydroxylation sites is 1. The minimum Gasteiger partial charge on any atom is -0.466 e. The lowest BCUT2D eigenvalue weighted by Crippen LogP contribution is -2.14. The standard InChI is InChI=1S/C20H15Cl3N2O3/c1-2-28-17(26)9-12-11-5-3-8-16(19(11)24-10-15(12)23)25-20(27)18-13(21)6-4-7-14(18)22/h3-8,10H,2,9H2,1H3,(H,25,27). The molecule has 5 nitrogen and oxygen atoms in total. The van der Waals surface area contributed by atoms with Gasteiger partial charge >= 0.3 is 5.97 Å². The second-order valence-corrected chi connectivity index (χ2v) is 7.04. The maximum Gasteiger partial charge on any atom is 0.310 e. The van der Waals surface area contributed by atoms with Gasteiger partial charge in [-0.05, 0) is 30.7 Å². The van der Waals surface area contributed by atoms with Gasteiger partial charge in [-0.15, -0.1) is 0 Å². The SMILES string of the molecule is CCOC(=O)Cc1c(Cl)cnc2c(NC(=O)c3c(Cl)cccc3Cl)cccc12. The highest BCUT2D eigenvalue weighted by atomic mass is 35.5. The third kappa shape index (κ3) is 4.22. The first-order valence-corrected chi connectivity index (χ1v) is 9.52. The van der Waals surface area contributed by atoms with E-state index in [9.17, 15) is 9.59 Å². The number of anilines is 1. The molecular weight excluding hydrogens is 423 g/mol. The van der Waals surface area contributed by atoms with Crippen molar-refractivity contribution < 1.29 is 14.3 Å². The number of esters is 1. The summed E-state index contributed by atoms with van der Waals surface area (Å²) >= 11 is 18.5. The average molecular weight is 438 g/mol. The number of nitrogens with zero attached hydrogens (tertiary/aromatic N) is 1. The number of carbonyl (C=O) groups excluding carboxylic acids is 2. The molecular formula is C20H15Cl3N2O3. The van der Waals surface area contributed by atoms with Crippen molar-refractivity contribution in [3.8, 4) is 0 Å². The van der Waals surface area contributed by atoms with Gasteiger partial charge < -0.3 is 10.1 Å². The van der Waals surface area contributed by atoms with Crippen molar-refractivity contribution in [3.63, 3.8) is 0 Å². The van der Waals surface area contributed by atoms with Crippen molar-refractivity contribution in [1.29, 1.82) is 0 Å². The van der Waals surface area contributed by atoms with Crippen LogP contribution in [0.3, 0.4) is 0 Å². The van der Waals surface area contributed by atoms with Gasteiger partial charge in [-0.2, -0.15) is 0 Å². The summed E-state index contributed by atoms with van der Waals surface area (Å²) in [5.41, 5.74) is 1.68. The molecule has 0 spiro atoms. The zero-order valence-corrected chi connectivity index (χ0v) is 17.0. The molecule has 144 valence electrons. The lowest BCUT2D eigenvalue weighted by molar-refractivity contribution is -0.142. The summed E-state index contributed by atoms with van der Waals surface area (Å²) in [4.78, 5) is 29.0.